The van der Waals surface area contributed by atoms with Gasteiger partial charge in [-0.25, -0.2) is 4.39 Å². The summed E-state index contributed by atoms with van der Waals surface area (Å²) in [4.78, 5) is 0.665. The van der Waals surface area contributed by atoms with Crippen molar-refractivity contribution >= 4 is 27.7 Å². The van der Waals surface area contributed by atoms with Crippen LogP contribution in [0.2, 0.25) is 0 Å². The van der Waals surface area contributed by atoms with Crippen LogP contribution in [0, 0.1) is 12.7 Å². The second kappa shape index (κ2) is 5.23. The summed E-state index contributed by atoms with van der Waals surface area (Å²) in [6.45, 7) is 1.95. The fraction of sp³-hybridized carbons (Fsp3) is 0.250. The van der Waals surface area contributed by atoms with Gasteiger partial charge in [0, 0.05) is 17.7 Å². The summed E-state index contributed by atoms with van der Waals surface area (Å²) in [7, 11) is 1.90. The van der Waals surface area contributed by atoms with E-state index in [1.54, 1.807) is 12.1 Å². The molecule has 0 aliphatic heterocycles. The highest BCUT2D eigenvalue weighted by molar-refractivity contribution is 9.10. The molecule has 0 N–H and O–H groups in total. The SMILES string of the molecule is Cc1nn(C)c(CSc2ccccc2F)c1Br. The van der Waals surface area contributed by atoms with Crippen molar-refractivity contribution < 1.29 is 4.39 Å². The molecule has 0 radical (unpaired) electrons. The molecule has 1 heterocycles. The Labute approximate surface area is 112 Å². The fourth-order valence-corrected chi connectivity index (χ4v) is 3.21. The smallest absolute Gasteiger partial charge is 0.136 e. The second-order valence-electron chi connectivity index (χ2n) is 3.69. The first-order chi connectivity index (χ1) is 8.09. The summed E-state index contributed by atoms with van der Waals surface area (Å²) < 4.78 is 16.3. The maximum atomic E-state index is 13.4. The van der Waals surface area contributed by atoms with E-state index < -0.39 is 0 Å². The van der Waals surface area contributed by atoms with E-state index in [-0.39, 0.29) is 5.82 Å². The number of hydrogen-bond acceptors (Lipinski definition) is 2. The van der Waals surface area contributed by atoms with Crippen molar-refractivity contribution in [2.45, 2.75) is 17.6 Å². The van der Waals surface area contributed by atoms with Gasteiger partial charge in [-0.15, -0.1) is 11.8 Å². The number of rotatable bonds is 3. The standard InChI is InChI=1S/C12H12BrFN2S/c1-8-12(13)10(16(2)15-8)7-17-11-6-4-3-5-9(11)14/h3-6H,7H2,1-2H3. The monoisotopic (exact) mass is 314 g/mol. The lowest BCUT2D eigenvalue weighted by molar-refractivity contribution is 0.602. The third kappa shape index (κ3) is 2.72. The molecule has 0 atom stereocenters. The molecule has 0 spiro atoms. The highest BCUT2D eigenvalue weighted by atomic mass is 79.9. The second-order valence-corrected chi connectivity index (χ2v) is 5.50. The number of halogens is 2. The summed E-state index contributed by atoms with van der Waals surface area (Å²) in [6, 6.07) is 6.81. The van der Waals surface area contributed by atoms with Crippen molar-refractivity contribution in [1.29, 1.82) is 0 Å². The van der Waals surface area contributed by atoms with Crippen molar-refractivity contribution in [2.75, 3.05) is 0 Å². The summed E-state index contributed by atoms with van der Waals surface area (Å²) >= 11 is 4.98. The van der Waals surface area contributed by atoms with Crippen LogP contribution in [0.3, 0.4) is 0 Å². The van der Waals surface area contributed by atoms with E-state index in [1.807, 2.05) is 24.7 Å². The lowest BCUT2D eigenvalue weighted by Gasteiger charge is -2.04. The quantitative estimate of drug-likeness (QED) is 0.799. The molecule has 0 unspecified atom stereocenters. The number of benzene rings is 1. The molecule has 2 aromatic rings. The van der Waals surface area contributed by atoms with Gasteiger partial charge in [0.2, 0.25) is 0 Å². The Morgan fingerprint density at radius 1 is 1.41 bits per heavy atom. The van der Waals surface area contributed by atoms with Gasteiger partial charge in [-0.05, 0) is 35.0 Å². The summed E-state index contributed by atoms with van der Waals surface area (Å²) in [5, 5.41) is 4.31. The highest BCUT2D eigenvalue weighted by Crippen LogP contribution is 2.29. The molecule has 0 bridgehead atoms. The highest BCUT2D eigenvalue weighted by Gasteiger charge is 2.11. The van der Waals surface area contributed by atoms with Gasteiger partial charge in [-0.3, -0.25) is 4.68 Å². The summed E-state index contributed by atoms with van der Waals surface area (Å²) in [6.07, 6.45) is 0. The van der Waals surface area contributed by atoms with E-state index in [0.717, 1.165) is 15.9 Å². The molecule has 0 aliphatic carbocycles. The van der Waals surface area contributed by atoms with Crippen molar-refractivity contribution in [1.82, 2.24) is 9.78 Å². The van der Waals surface area contributed by atoms with E-state index in [1.165, 1.54) is 17.8 Å². The van der Waals surface area contributed by atoms with Crippen LogP contribution in [0.4, 0.5) is 4.39 Å². The number of nitrogens with zero attached hydrogens (tertiary/aromatic N) is 2. The predicted octanol–water partition coefficient (Wildman–Crippen LogP) is 3.92. The molecule has 1 aromatic carbocycles. The Hall–Kier alpha value is -0.810. The average Bonchev–Trinajstić information content (AvgIpc) is 2.53. The van der Waals surface area contributed by atoms with Gasteiger partial charge in [0.1, 0.15) is 5.82 Å². The van der Waals surface area contributed by atoms with Gasteiger partial charge < -0.3 is 0 Å². The Balaban J connectivity index is 2.15. The van der Waals surface area contributed by atoms with Crippen molar-refractivity contribution in [3.63, 3.8) is 0 Å². The minimum atomic E-state index is -0.174. The molecule has 1 aromatic heterocycles. The van der Waals surface area contributed by atoms with E-state index >= 15 is 0 Å². The van der Waals surface area contributed by atoms with Gasteiger partial charge in [0.25, 0.3) is 0 Å². The first kappa shape index (κ1) is 12.6. The first-order valence-corrected chi connectivity index (χ1v) is 6.92. The van der Waals surface area contributed by atoms with Crippen molar-refractivity contribution in [2.24, 2.45) is 7.05 Å². The molecule has 0 amide bonds. The number of aromatic nitrogens is 2. The third-order valence-electron chi connectivity index (χ3n) is 2.46. The normalized spacial score (nSPS) is 10.8. The molecule has 0 saturated carbocycles. The van der Waals surface area contributed by atoms with Crippen LogP contribution in [-0.2, 0) is 12.8 Å². The Bertz CT molecular complexity index is 539. The number of thioether (sulfide) groups is 1. The number of aryl methyl sites for hydroxylation is 2. The van der Waals surface area contributed by atoms with E-state index in [2.05, 4.69) is 21.0 Å². The Morgan fingerprint density at radius 2 is 2.12 bits per heavy atom. The topological polar surface area (TPSA) is 17.8 Å². The average molecular weight is 315 g/mol. The zero-order valence-corrected chi connectivity index (χ0v) is 12.0. The van der Waals surface area contributed by atoms with Crippen molar-refractivity contribution in [3.05, 3.63) is 45.9 Å². The number of hydrogen-bond donors (Lipinski definition) is 0. The lowest BCUT2D eigenvalue weighted by Crippen LogP contribution is -1.97. The van der Waals surface area contributed by atoms with Crippen LogP contribution >= 0.6 is 27.7 Å². The molecule has 0 fully saturated rings. The van der Waals surface area contributed by atoms with E-state index in [0.29, 0.717) is 10.6 Å². The van der Waals surface area contributed by atoms with Crippen LogP contribution < -0.4 is 0 Å². The largest absolute Gasteiger partial charge is 0.270 e. The maximum absolute atomic E-state index is 13.4. The van der Waals surface area contributed by atoms with Crippen LogP contribution in [0.15, 0.2) is 33.6 Å². The minimum absolute atomic E-state index is 0.174. The molecule has 2 nitrogen and oxygen atoms in total. The van der Waals surface area contributed by atoms with Gasteiger partial charge in [-0.1, -0.05) is 12.1 Å². The molecule has 0 aliphatic rings. The molecule has 2 rings (SSSR count). The van der Waals surface area contributed by atoms with Gasteiger partial charge >= 0.3 is 0 Å². The van der Waals surface area contributed by atoms with Gasteiger partial charge in [0.05, 0.1) is 15.9 Å². The molecule has 0 saturated heterocycles. The zero-order valence-electron chi connectivity index (χ0n) is 9.58. The molecular weight excluding hydrogens is 303 g/mol. The van der Waals surface area contributed by atoms with Gasteiger partial charge in [0.15, 0.2) is 0 Å². The molecule has 5 heteroatoms. The Kier molecular flexibility index (Phi) is 3.89. The third-order valence-corrected chi connectivity index (χ3v) is 4.55. The predicted molar refractivity (Wildman–Crippen MR) is 71.6 cm³/mol. The summed E-state index contributed by atoms with van der Waals surface area (Å²) in [5.41, 5.74) is 2.02. The fourth-order valence-electron chi connectivity index (χ4n) is 1.54. The lowest BCUT2D eigenvalue weighted by atomic mass is 10.3. The van der Waals surface area contributed by atoms with E-state index in [4.69, 9.17) is 0 Å². The maximum Gasteiger partial charge on any atom is 0.136 e. The van der Waals surface area contributed by atoms with Gasteiger partial charge in [-0.2, -0.15) is 5.10 Å². The van der Waals surface area contributed by atoms with E-state index in [9.17, 15) is 4.39 Å². The summed E-state index contributed by atoms with van der Waals surface area (Å²) in [5.74, 6) is 0.520. The molecular formula is C12H12BrFN2S. The van der Waals surface area contributed by atoms with Crippen molar-refractivity contribution in [3.8, 4) is 0 Å². The first-order valence-electron chi connectivity index (χ1n) is 5.15. The van der Waals surface area contributed by atoms with Crippen LogP contribution in [0.25, 0.3) is 0 Å². The molecule has 90 valence electrons. The molecule has 17 heavy (non-hydrogen) atoms. The minimum Gasteiger partial charge on any atom is -0.270 e. The van der Waals surface area contributed by atoms with Crippen LogP contribution in [0.5, 0.6) is 0 Å². The Morgan fingerprint density at radius 3 is 2.71 bits per heavy atom. The van der Waals surface area contributed by atoms with Crippen LogP contribution in [0.1, 0.15) is 11.4 Å². The zero-order chi connectivity index (χ0) is 12.4. The van der Waals surface area contributed by atoms with Crippen LogP contribution in [-0.4, -0.2) is 9.78 Å².